The summed E-state index contributed by atoms with van der Waals surface area (Å²) in [6, 6.07) is 131. The van der Waals surface area contributed by atoms with Crippen LogP contribution in [0.15, 0.2) is 352 Å². The maximum Gasteiger partial charge on any atom is 0.0468 e. The predicted octanol–water partition coefficient (Wildman–Crippen LogP) is 24.5. The second kappa shape index (κ2) is 23.7. The van der Waals surface area contributed by atoms with E-state index in [0.717, 1.165) is 118 Å². The molecule has 2 spiro atoms. The van der Waals surface area contributed by atoms with Crippen LogP contribution < -0.4 is 19.6 Å². The van der Waals surface area contributed by atoms with Crippen molar-refractivity contribution < 1.29 is 0 Å². The van der Waals surface area contributed by atoms with Gasteiger partial charge in [-0.2, -0.15) is 0 Å². The molecule has 458 valence electrons. The Bertz CT molecular complexity index is 4770. The van der Waals surface area contributed by atoms with Crippen molar-refractivity contribution in [2.75, 3.05) is 19.6 Å². The molecule has 0 saturated carbocycles. The van der Waals surface area contributed by atoms with Crippen LogP contribution in [0, 0.1) is 0 Å². The zero-order valence-corrected chi connectivity index (χ0v) is 53.5. The lowest BCUT2D eigenvalue weighted by Gasteiger charge is -2.39. The molecule has 14 aromatic rings. The molecule has 18 rings (SSSR count). The van der Waals surface area contributed by atoms with E-state index in [4.69, 9.17) is 0 Å². The van der Waals surface area contributed by atoms with Crippen molar-refractivity contribution in [1.29, 1.82) is 0 Å². The molecule has 0 aliphatic heterocycles. The summed E-state index contributed by atoms with van der Waals surface area (Å²) in [5, 5.41) is 0. The van der Waals surface area contributed by atoms with Crippen LogP contribution in [0.3, 0.4) is 0 Å². The number of benzene rings is 14. The first-order valence-corrected chi connectivity index (χ1v) is 34.1. The van der Waals surface area contributed by atoms with Gasteiger partial charge >= 0.3 is 0 Å². The van der Waals surface area contributed by atoms with Gasteiger partial charge in [0.1, 0.15) is 0 Å². The molecule has 96 heavy (non-hydrogen) atoms. The lowest BCUT2D eigenvalue weighted by Crippen LogP contribution is -2.32. The topological polar surface area (TPSA) is 13.0 Å². The van der Waals surface area contributed by atoms with Crippen LogP contribution in [-0.2, 0) is 23.7 Å². The average molecular weight is 1230 g/mol. The van der Waals surface area contributed by atoms with E-state index in [1.54, 1.807) is 0 Å². The minimum atomic E-state index is -0.339. The van der Waals surface area contributed by atoms with Gasteiger partial charge in [0.15, 0.2) is 0 Å². The fraction of sp³-hybridized carbons (Fsp3) is 0.0870. The Morgan fingerprint density at radius 3 is 0.667 bits per heavy atom. The number of hydrogen-bond acceptors (Lipinski definition) is 4. The second-order valence-corrected chi connectivity index (χ2v) is 26.2. The molecular formula is C92H70N4. The highest BCUT2D eigenvalue weighted by atomic mass is 15.2. The highest BCUT2D eigenvalue weighted by Crippen LogP contribution is 2.62. The van der Waals surface area contributed by atoms with E-state index in [2.05, 4.69) is 371 Å². The van der Waals surface area contributed by atoms with Crippen molar-refractivity contribution >= 4 is 68.2 Å². The summed E-state index contributed by atoms with van der Waals surface area (Å²) in [5.41, 5.74) is 31.7. The first-order chi connectivity index (χ1) is 47.6. The lowest BCUT2D eigenvalue weighted by molar-refractivity contribution is 0.507. The Labute approximate surface area is 563 Å². The van der Waals surface area contributed by atoms with E-state index >= 15 is 0 Å². The maximum absolute atomic E-state index is 2.53. The fourth-order valence-corrected chi connectivity index (χ4v) is 17.0. The number of para-hydroxylation sites is 6. The second-order valence-electron chi connectivity index (χ2n) is 26.2. The van der Waals surface area contributed by atoms with Gasteiger partial charge in [-0.05, 0) is 262 Å². The summed E-state index contributed by atoms with van der Waals surface area (Å²) in [7, 11) is 0. The highest BCUT2D eigenvalue weighted by Gasteiger charge is 2.49. The molecule has 4 heteroatoms. The molecule has 2 atom stereocenters. The molecule has 0 radical (unpaired) electrons. The highest BCUT2D eigenvalue weighted by molar-refractivity contribution is 5.93. The maximum atomic E-state index is 2.53. The van der Waals surface area contributed by atoms with E-state index in [1.165, 1.54) is 66.8 Å². The van der Waals surface area contributed by atoms with E-state index in [1.807, 2.05) is 0 Å². The van der Waals surface area contributed by atoms with Crippen LogP contribution >= 0.6 is 0 Å². The van der Waals surface area contributed by atoms with Crippen LogP contribution in [0.25, 0.3) is 33.4 Å². The molecule has 0 amide bonds. The van der Waals surface area contributed by atoms with Gasteiger partial charge in [0.25, 0.3) is 0 Å². The fourth-order valence-electron chi connectivity index (χ4n) is 17.0. The van der Waals surface area contributed by atoms with Gasteiger partial charge in [0.05, 0.1) is 0 Å². The van der Waals surface area contributed by atoms with Crippen LogP contribution in [0.4, 0.5) is 68.2 Å². The van der Waals surface area contributed by atoms with Crippen molar-refractivity contribution in [2.24, 2.45) is 0 Å². The summed E-state index contributed by atoms with van der Waals surface area (Å²) in [5.74, 6) is 0. The molecular weight excluding hydrogens is 1160 g/mol. The monoisotopic (exact) mass is 1230 g/mol. The van der Waals surface area contributed by atoms with E-state index in [9.17, 15) is 0 Å². The Morgan fingerprint density at radius 1 is 0.188 bits per heavy atom. The minimum Gasteiger partial charge on any atom is -0.310 e. The molecule has 0 heterocycles. The zero-order valence-electron chi connectivity index (χ0n) is 53.5. The molecule has 0 bridgehead atoms. The van der Waals surface area contributed by atoms with Crippen molar-refractivity contribution in [3.8, 4) is 33.4 Å². The third-order valence-electron chi connectivity index (χ3n) is 21.1. The summed E-state index contributed by atoms with van der Waals surface area (Å²) >= 11 is 0. The molecule has 2 unspecified atom stereocenters. The normalized spacial score (nSPS) is 16.0. The van der Waals surface area contributed by atoms with Gasteiger partial charge in [0.2, 0.25) is 0 Å². The molecule has 4 aliphatic rings. The number of anilines is 12. The molecule has 0 saturated heterocycles. The van der Waals surface area contributed by atoms with Gasteiger partial charge in [0, 0.05) is 79.1 Å². The Kier molecular flexibility index (Phi) is 14.1. The zero-order chi connectivity index (χ0) is 63.6. The van der Waals surface area contributed by atoms with Gasteiger partial charge in [-0.1, -0.05) is 206 Å². The number of hydrogen-bond donors (Lipinski definition) is 0. The van der Waals surface area contributed by atoms with Gasteiger partial charge in [-0.15, -0.1) is 0 Å². The summed E-state index contributed by atoms with van der Waals surface area (Å²) in [6.45, 7) is 0. The number of fused-ring (bicyclic) bond motifs is 14. The van der Waals surface area contributed by atoms with Crippen molar-refractivity contribution in [1.82, 2.24) is 0 Å². The van der Waals surface area contributed by atoms with Crippen molar-refractivity contribution in [3.05, 3.63) is 396 Å². The van der Waals surface area contributed by atoms with E-state index in [-0.39, 0.29) is 10.8 Å². The van der Waals surface area contributed by atoms with E-state index in [0.29, 0.717) is 0 Å². The Balaban J connectivity index is 0.700. The first kappa shape index (κ1) is 57.0. The summed E-state index contributed by atoms with van der Waals surface area (Å²) in [6.07, 6.45) is 6.41. The SMILES string of the molecule is c1ccc(N(c2ccccc2)c2ccc3c(c2)C2(CCCc4ccccc42)c2cc(N(c4ccccc4)c4ccc(-c5ccc(N(c6ccccc6)c6ccc7c(c6)C6(CCCc8ccccc86)c6cc(N(c8ccccc8)c8ccccc8)ccc6-7)cc5)cc4)ccc2-3)cc1. The largest absolute Gasteiger partial charge is 0.310 e. The molecule has 4 nitrogen and oxygen atoms in total. The van der Waals surface area contributed by atoms with Crippen LogP contribution in [0.1, 0.15) is 70.2 Å². The van der Waals surface area contributed by atoms with Gasteiger partial charge in [-0.25, -0.2) is 0 Å². The third-order valence-corrected chi connectivity index (χ3v) is 21.1. The first-order valence-electron chi connectivity index (χ1n) is 34.1. The summed E-state index contributed by atoms with van der Waals surface area (Å²) < 4.78 is 0. The van der Waals surface area contributed by atoms with E-state index < -0.39 is 0 Å². The van der Waals surface area contributed by atoms with Gasteiger partial charge in [-0.3, -0.25) is 0 Å². The van der Waals surface area contributed by atoms with Crippen LogP contribution in [0.5, 0.6) is 0 Å². The Morgan fingerprint density at radius 2 is 0.406 bits per heavy atom. The van der Waals surface area contributed by atoms with Crippen molar-refractivity contribution in [3.63, 3.8) is 0 Å². The molecule has 14 aromatic carbocycles. The minimum absolute atomic E-state index is 0.339. The molecule has 0 fully saturated rings. The standard InChI is InChI=1S/C92H70N4/c1-7-29-69(30-8-1)93(70-31-9-2-10-32-70)77-51-55-81-83-57-53-79(63-89(83)91(87(81)61-77)59-23-27-67-25-19-21-41-85(67)91)95(73-37-15-5-16-38-73)75-47-43-65(44-48-75)66-45-49-76(50-46-66)96(74-39-17-6-18-40-74)80-54-58-84-82-56-52-78(94(71-33-11-3-12-34-71)72-35-13-4-14-36-72)62-88(82)92(90(84)64-80)60-24-28-68-26-20-22-42-86(68)92/h1-22,25-26,29-58,61-64H,23-24,27-28,59-60H2. The third kappa shape index (κ3) is 9.42. The average Bonchev–Trinajstić information content (AvgIpc) is 1.54. The lowest BCUT2D eigenvalue weighted by atomic mass is 9.64. The van der Waals surface area contributed by atoms with Crippen LogP contribution in [-0.4, -0.2) is 0 Å². The quantitative estimate of drug-likeness (QED) is 0.114. The molecule has 0 N–H and O–H groups in total. The molecule has 4 aliphatic carbocycles. The van der Waals surface area contributed by atoms with Crippen molar-refractivity contribution in [2.45, 2.75) is 49.4 Å². The number of aryl methyl sites for hydroxylation is 2. The smallest absolute Gasteiger partial charge is 0.0468 e. The van der Waals surface area contributed by atoms with Crippen LogP contribution in [0.2, 0.25) is 0 Å². The molecule has 0 aromatic heterocycles. The Hall–Kier alpha value is -11.7. The van der Waals surface area contributed by atoms with Gasteiger partial charge < -0.3 is 19.6 Å². The number of nitrogens with zero attached hydrogens (tertiary/aromatic N) is 4. The predicted molar refractivity (Wildman–Crippen MR) is 400 cm³/mol. The number of rotatable bonds is 13. The summed E-state index contributed by atoms with van der Waals surface area (Å²) in [4.78, 5) is 9.71.